The molecule has 0 unspecified atom stereocenters. The summed E-state index contributed by atoms with van der Waals surface area (Å²) in [5.74, 6) is 0. The largest absolute Gasteiger partial charge is 0.380 e. The molecule has 1 N–H and O–H groups in total. The van der Waals surface area contributed by atoms with Crippen LogP contribution < -0.4 is 5.32 Å². The van der Waals surface area contributed by atoms with E-state index in [4.69, 9.17) is 9.47 Å². The number of hydrogen-bond acceptors (Lipinski definition) is 4. The summed E-state index contributed by atoms with van der Waals surface area (Å²) in [6, 6.07) is 0. The van der Waals surface area contributed by atoms with Crippen molar-refractivity contribution in [1.82, 2.24) is 10.2 Å². The van der Waals surface area contributed by atoms with Gasteiger partial charge in [0.15, 0.2) is 0 Å². The van der Waals surface area contributed by atoms with E-state index in [0.29, 0.717) is 0 Å². The molecule has 0 atom stereocenters. The van der Waals surface area contributed by atoms with Crippen molar-refractivity contribution in [3.05, 3.63) is 12.2 Å². The lowest BCUT2D eigenvalue weighted by molar-refractivity contribution is 0.0866. The zero-order valence-electron chi connectivity index (χ0n) is 11.6. The van der Waals surface area contributed by atoms with E-state index >= 15 is 0 Å². The molecular formula is C13H28N2O2. The highest BCUT2D eigenvalue weighted by atomic mass is 16.5. The molecule has 0 heterocycles. The molecule has 0 aliphatic heterocycles. The van der Waals surface area contributed by atoms with Crippen molar-refractivity contribution in [3.8, 4) is 0 Å². The average molecular weight is 244 g/mol. The van der Waals surface area contributed by atoms with Gasteiger partial charge in [0.05, 0.1) is 13.2 Å². The Morgan fingerprint density at radius 2 is 1.65 bits per heavy atom. The summed E-state index contributed by atoms with van der Waals surface area (Å²) in [5, 5.41) is 3.12. The second kappa shape index (κ2) is 12.0. The molecule has 102 valence electrons. The smallest absolute Gasteiger partial charge is 0.0593 e. The normalized spacial score (nSPS) is 11.1. The Morgan fingerprint density at radius 3 is 2.06 bits per heavy atom. The average Bonchev–Trinajstić information content (AvgIpc) is 2.29. The van der Waals surface area contributed by atoms with Crippen molar-refractivity contribution in [2.45, 2.75) is 13.8 Å². The fraction of sp³-hybridized carbons (Fsp3) is 0.846. The van der Waals surface area contributed by atoms with E-state index in [1.807, 2.05) is 20.9 Å². The first-order valence-electron chi connectivity index (χ1n) is 6.43. The molecule has 0 bridgehead atoms. The predicted octanol–water partition coefficient (Wildman–Crippen LogP) is 1.14. The van der Waals surface area contributed by atoms with Crippen molar-refractivity contribution in [2.75, 3.05) is 59.7 Å². The molecule has 0 aromatic carbocycles. The summed E-state index contributed by atoms with van der Waals surface area (Å²) in [6.45, 7) is 14.8. The Bertz CT molecular complexity index is 176. The topological polar surface area (TPSA) is 33.7 Å². The molecule has 4 heteroatoms. The van der Waals surface area contributed by atoms with Crippen LogP contribution >= 0.6 is 0 Å². The number of nitrogens with zero attached hydrogens (tertiary/aromatic N) is 1. The minimum absolute atomic E-state index is 0.773. The quantitative estimate of drug-likeness (QED) is 0.412. The van der Waals surface area contributed by atoms with Gasteiger partial charge in [0.1, 0.15) is 0 Å². The third-order valence-corrected chi connectivity index (χ3v) is 2.39. The maximum Gasteiger partial charge on any atom is 0.0593 e. The van der Waals surface area contributed by atoms with Crippen LogP contribution in [0, 0.1) is 0 Å². The number of nitrogens with one attached hydrogen (secondary N) is 1. The summed E-state index contributed by atoms with van der Waals surface area (Å²) >= 11 is 0. The molecule has 0 fully saturated rings. The highest BCUT2D eigenvalue weighted by Crippen LogP contribution is 1.97. The molecule has 0 saturated heterocycles. The van der Waals surface area contributed by atoms with E-state index in [9.17, 15) is 0 Å². The van der Waals surface area contributed by atoms with E-state index < -0.39 is 0 Å². The first-order valence-corrected chi connectivity index (χ1v) is 6.43. The Labute approximate surface area is 106 Å². The second-order valence-corrected chi connectivity index (χ2v) is 3.95. The lowest BCUT2D eigenvalue weighted by Crippen LogP contribution is -2.34. The van der Waals surface area contributed by atoms with Gasteiger partial charge in [-0.25, -0.2) is 0 Å². The Kier molecular flexibility index (Phi) is 11.8. The van der Waals surface area contributed by atoms with Gasteiger partial charge in [0.25, 0.3) is 0 Å². The molecular weight excluding hydrogens is 216 g/mol. The molecule has 0 aliphatic rings. The first kappa shape index (κ1) is 16.6. The van der Waals surface area contributed by atoms with E-state index in [1.54, 1.807) is 0 Å². The molecule has 0 radical (unpaired) electrons. The monoisotopic (exact) mass is 244 g/mol. The lowest BCUT2D eigenvalue weighted by atomic mass is 10.2. The van der Waals surface area contributed by atoms with Gasteiger partial charge in [0, 0.05) is 39.4 Å². The molecule has 0 amide bonds. The van der Waals surface area contributed by atoms with E-state index in [0.717, 1.165) is 52.6 Å². The van der Waals surface area contributed by atoms with Crippen molar-refractivity contribution < 1.29 is 9.47 Å². The zero-order chi connectivity index (χ0) is 12.9. The van der Waals surface area contributed by atoms with Gasteiger partial charge in [-0.3, -0.25) is 4.90 Å². The maximum atomic E-state index is 5.38. The predicted molar refractivity (Wildman–Crippen MR) is 72.5 cm³/mol. The SMILES string of the molecule is C=C(CNC)CN(CCOCC)CCOCC. The molecule has 4 nitrogen and oxygen atoms in total. The summed E-state index contributed by atoms with van der Waals surface area (Å²) in [6.07, 6.45) is 0. The minimum Gasteiger partial charge on any atom is -0.380 e. The van der Waals surface area contributed by atoms with Gasteiger partial charge < -0.3 is 14.8 Å². The van der Waals surface area contributed by atoms with E-state index in [1.165, 1.54) is 5.57 Å². The van der Waals surface area contributed by atoms with Crippen LogP contribution in [0.5, 0.6) is 0 Å². The van der Waals surface area contributed by atoms with Crippen molar-refractivity contribution in [2.24, 2.45) is 0 Å². The van der Waals surface area contributed by atoms with Crippen LogP contribution in [0.25, 0.3) is 0 Å². The van der Waals surface area contributed by atoms with Gasteiger partial charge >= 0.3 is 0 Å². The maximum absolute atomic E-state index is 5.38. The fourth-order valence-electron chi connectivity index (χ4n) is 1.57. The fourth-order valence-corrected chi connectivity index (χ4v) is 1.57. The molecule has 0 saturated carbocycles. The van der Waals surface area contributed by atoms with Crippen LogP contribution in [0.2, 0.25) is 0 Å². The Morgan fingerprint density at radius 1 is 1.12 bits per heavy atom. The minimum atomic E-state index is 0.773. The van der Waals surface area contributed by atoms with Crippen molar-refractivity contribution in [1.29, 1.82) is 0 Å². The van der Waals surface area contributed by atoms with Crippen LogP contribution in [0.4, 0.5) is 0 Å². The number of ether oxygens (including phenoxy) is 2. The summed E-state index contributed by atoms with van der Waals surface area (Å²) in [4.78, 5) is 2.32. The Balaban J connectivity index is 3.86. The standard InChI is InChI=1S/C13H28N2O2/c1-5-16-9-7-15(8-10-17-6-2)12-13(3)11-14-4/h14H,3,5-12H2,1-2,4H3. The second-order valence-electron chi connectivity index (χ2n) is 3.95. The molecule has 17 heavy (non-hydrogen) atoms. The third-order valence-electron chi connectivity index (χ3n) is 2.39. The van der Waals surface area contributed by atoms with Gasteiger partial charge in [-0.2, -0.15) is 0 Å². The van der Waals surface area contributed by atoms with Gasteiger partial charge in [0.2, 0.25) is 0 Å². The van der Waals surface area contributed by atoms with Crippen LogP contribution in [-0.2, 0) is 9.47 Å². The van der Waals surface area contributed by atoms with Crippen molar-refractivity contribution in [3.63, 3.8) is 0 Å². The molecule has 0 aromatic rings. The van der Waals surface area contributed by atoms with E-state index in [2.05, 4.69) is 16.8 Å². The molecule has 0 spiro atoms. The van der Waals surface area contributed by atoms with Crippen LogP contribution in [-0.4, -0.2) is 64.6 Å². The van der Waals surface area contributed by atoms with Gasteiger partial charge in [-0.1, -0.05) is 6.58 Å². The van der Waals surface area contributed by atoms with Gasteiger partial charge in [-0.05, 0) is 26.5 Å². The summed E-state index contributed by atoms with van der Waals surface area (Å²) in [7, 11) is 1.94. The number of rotatable bonds is 12. The third kappa shape index (κ3) is 10.5. The highest BCUT2D eigenvalue weighted by Gasteiger charge is 2.06. The zero-order valence-corrected chi connectivity index (χ0v) is 11.6. The van der Waals surface area contributed by atoms with Crippen LogP contribution in [0.1, 0.15) is 13.8 Å². The number of hydrogen-bond donors (Lipinski definition) is 1. The molecule has 0 aromatic heterocycles. The van der Waals surface area contributed by atoms with Gasteiger partial charge in [-0.15, -0.1) is 0 Å². The van der Waals surface area contributed by atoms with E-state index in [-0.39, 0.29) is 0 Å². The summed E-state index contributed by atoms with van der Waals surface area (Å²) in [5.41, 5.74) is 1.19. The van der Waals surface area contributed by atoms with Crippen LogP contribution in [0.3, 0.4) is 0 Å². The summed E-state index contributed by atoms with van der Waals surface area (Å²) < 4.78 is 10.8. The number of likely N-dealkylation sites (N-methyl/N-ethyl adjacent to an activating group) is 1. The lowest BCUT2D eigenvalue weighted by Gasteiger charge is -2.23. The Hall–Kier alpha value is -0.420. The van der Waals surface area contributed by atoms with Crippen LogP contribution in [0.15, 0.2) is 12.2 Å². The molecule has 0 rings (SSSR count). The molecule has 0 aliphatic carbocycles. The first-order chi connectivity index (χ1) is 8.24. The van der Waals surface area contributed by atoms with Crippen molar-refractivity contribution >= 4 is 0 Å². The highest BCUT2D eigenvalue weighted by molar-refractivity contribution is 4.99.